The van der Waals surface area contributed by atoms with Gasteiger partial charge in [0, 0.05) is 0 Å². The summed E-state index contributed by atoms with van der Waals surface area (Å²) in [5.74, 6) is 0.840. The second-order valence-corrected chi connectivity index (χ2v) is 4.58. The molecule has 1 aromatic rings. The fourth-order valence-corrected chi connectivity index (χ4v) is 1.96. The second-order valence-electron chi connectivity index (χ2n) is 4.58. The van der Waals surface area contributed by atoms with Crippen molar-refractivity contribution in [1.82, 2.24) is 5.32 Å². The number of benzene rings is 1. The van der Waals surface area contributed by atoms with Crippen molar-refractivity contribution in [2.45, 2.75) is 25.4 Å². The maximum atomic E-state index is 10.2. The van der Waals surface area contributed by atoms with E-state index in [1.807, 2.05) is 31.2 Å². The lowest BCUT2D eigenvalue weighted by molar-refractivity contribution is -0.0286. The van der Waals surface area contributed by atoms with Crippen molar-refractivity contribution in [1.29, 1.82) is 0 Å². The Morgan fingerprint density at radius 1 is 1.38 bits per heavy atom. The molecule has 1 aliphatic rings. The van der Waals surface area contributed by atoms with Gasteiger partial charge >= 0.3 is 0 Å². The van der Waals surface area contributed by atoms with Gasteiger partial charge in [-0.15, -0.1) is 0 Å². The quantitative estimate of drug-likeness (QED) is 0.812. The molecule has 0 spiro atoms. The molecule has 2 rings (SSSR count). The number of hydrogen-bond donors (Lipinski definition) is 2. The van der Waals surface area contributed by atoms with E-state index < -0.39 is 5.60 Å². The van der Waals surface area contributed by atoms with Crippen molar-refractivity contribution in [3.05, 3.63) is 29.8 Å². The first-order valence-electron chi connectivity index (χ1n) is 5.81. The zero-order chi connectivity index (χ0) is 11.4. The summed E-state index contributed by atoms with van der Waals surface area (Å²) in [6.07, 6.45) is 1.53. The normalized spacial score (nSPS) is 19.4. The van der Waals surface area contributed by atoms with Crippen molar-refractivity contribution in [2.24, 2.45) is 0 Å². The Kier molecular flexibility index (Phi) is 3.46. The third-order valence-electron chi connectivity index (χ3n) is 3.03. The van der Waals surface area contributed by atoms with Gasteiger partial charge in [-0.3, -0.25) is 0 Å². The SMILES string of the molecule is Cc1cccc(OCC2(O)CCNCC2)c1. The maximum Gasteiger partial charge on any atom is 0.119 e. The van der Waals surface area contributed by atoms with Crippen LogP contribution in [0.1, 0.15) is 18.4 Å². The van der Waals surface area contributed by atoms with Gasteiger partial charge in [-0.1, -0.05) is 12.1 Å². The first-order valence-corrected chi connectivity index (χ1v) is 5.81. The summed E-state index contributed by atoms with van der Waals surface area (Å²) in [7, 11) is 0. The Hall–Kier alpha value is -1.06. The summed E-state index contributed by atoms with van der Waals surface area (Å²) in [5, 5.41) is 13.5. The first-order chi connectivity index (χ1) is 7.68. The molecule has 1 saturated heterocycles. The van der Waals surface area contributed by atoms with E-state index in [1.165, 1.54) is 5.56 Å². The molecule has 1 fully saturated rings. The van der Waals surface area contributed by atoms with E-state index in [9.17, 15) is 5.11 Å². The largest absolute Gasteiger partial charge is 0.491 e. The predicted octanol–water partition coefficient (Wildman–Crippen LogP) is 1.49. The number of ether oxygens (including phenoxy) is 1. The molecule has 88 valence electrons. The molecule has 2 N–H and O–H groups in total. The number of hydrogen-bond acceptors (Lipinski definition) is 3. The summed E-state index contributed by atoms with van der Waals surface area (Å²) < 4.78 is 5.65. The molecule has 0 amide bonds. The fraction of sp³-hybridized carbons (Fsp3) is 0.538. The number of nitrogens with one attached hydrogen (secondary N) is 1. The summed E-state index contributed by atoms with van der Waals surface area (Å²) >= 11 is 0. The third-order valence-corrected chi connectivity index (χ3v) is 3.03. The van der Waals surface area contributed by atoms with Gasteiger partial charge in [-0.2, -0.15) is 0 Å². The van der Waals surface area contributed by atoms with Crippen molar-refractivity contribution >= 4 is 0 Å². The molecule has 16 heavy (non-hydrogen) atoms. The highest BCUT2D eigenvalue weighted by Gasteiger charge is 2.29. The van der Waals surface area contributed by atoms with Crippen LogP contribution in [0.2, 0.25) is 0 Å². The molecule has 3 nitrogen and oxygen atoms in total. The second kappa shape index (κ2) is 4.85. The topological polar surface area (TPSA) is 41.5 Å². The van der Waals surface area contributed by atoms with E-state index in [-0.39, 0.29) is 0 Å². The van der Waals surface area contributed by atoms with Crippen LogP contribution in [0.15, 0.2) is 24.3 Å². The van der Waals surface area contributed by atoms with Crippen molar-refractivity contribution in [3.8, 4) is 5.75 Å². The highest BCUT2D eigenvalue weighted by molar-refractivity contribution is 5.27. The molecule has 1 heterocycles. The molecule has 0 radical (unpaired) electrons. The van der Waals surface area contributed by atoms with Crippen LogP contribution in [-0.2, 0) is 0 Å². The molecule has 1 aromatic carbocycles. The molecule has 1 aliphatic heterocycles. The highest BCUT2D eigenvalue weighted by Crippen LogP contribution is 2.20. The molecule has 0 bridgehead atoms. The van der Waals surface area contributed by atoms with Crippen LogP contribution in [0.3, 0.4) is 0 Å². The van der Waals surface area contributed by atoms with Crippen LogP contribution in [0.4, 0.5) is 0 Å². The van der Waals surface area contributed by atoms with Gasteiger partial charge < -0.3 is 15.2 Å². The minimum absolute atomic E-state index is 0.387. The van der Waals surface area contributed by atoms with Gasteiger partial charge in [0.15, 0.2) is 0 Å². The Labute approximate surface area is 96.4 Å². The van der Waals surface area contributed by atoms with E-state index >= 15 is 0 Å². The van der Waals surface area contributed by atoms with Gasteiger partial charge in [0.25, 0.3) is 0 Å². The zero-order valence-corrected chi connectivity index (χ0v) is 9.70. The lowest BCUT2D eigenvalue weighted by Gasteiger charge is -2.32. The highest BCUT2D eigenvalue weighted by atomic mass is 16.5. The third kappa shape index (κ3) is 2.97. The summed E-state index contributed by atoms with van der Waals surface area (Å²) in [5.41, 5.74) is 0.518. The Morgan fingerprint density at radius 3 is 2.81 bits per heavy atom. The zero-order valence-electron chi connectivity index (χ0n) is 9.70. The molecule has 0 aromatic heterocycles. The average molecular weight is 221 g/mol. The van der Waals surface area contributed by atoms with Crippen molar-refractivity contribution < 1.29 is 9.84 Å². The van der Waals surface area contributed by atoms with Crippen LogP contribution in [0.25, 0.3) is 0 Å². The lowest BCUT2D eigenvalue weighted by atomic mass is 9.93. The van der Waals surface area contributed by atoms with Gasteiger partial charge in [-0.05, 0) is 50.6 Å². The standard InChI is InChI=1S/C13H19NO2/c1-11-3-2-4-12(9-11)16-10-13(15)5-7-14-8-6-13/h2-4,9,14-15H,5-8,10H2,1H3. The summed E-state index contributed by atoms with van der Waals surface area (Å²) in [6.45, 7) is 4.16. The van der Waals surface area contributed by atoms with Gasteiger partial charge in [0.2, 0.25) is 0 Å². The van der Waals surface area contributed by atoms with E-state index in [2.05, 4.69) is 5.32 Å². The maximum absolute atomic E-state index is 10.2. The van der Waals surface area contributed by atoms with Crippen molar-refractivity contribution in [3.63, 3.8) is 0 Å². The van der Waals surface area contributed by atoms with Crippen molar-refractivity contribution in [2.75, 3.05) is 19.7 Å². The molecule has 3 heteroatoms. The number of piperidine rings is 1. The van der Waals surface area contributed by atoms with Gasteiger partial charge in [-0.25, -0.2) is 0 Å². The predicted molar refractivity (Wildman–Crippen MR) is 63.7 cm³/mol. The molecule has 0 atom stereocenters. The molecular formula is C13H19NO2. The number of aliphatic hydroxyl groups is 1. The average Bonchev–Trinajstić information content (AvgIpc) is 2.28. The van der Waals surface area contributed by atoms with E-state index in [0.717, 1.165) is 31.7 Å². The van der Waals surface area contributed by atoms with E-state index in [1.54, 1.807) is 0 Å². The Balaban J connectivity index is 1.91. The monoisotopic (exact) mass is 221 g/mol. The van der Waals surface area contributed by atoms with Gasteiger partial charge in [0.05, 0.1) is 0 Å². The summed E-state index contributed by atoms with van der Waals surface area (Å²) in [6, 6.07) is 7.92. The van der Waals surface area contributed by atoms with Crippen LogP contribution in [0, 0.1) is 6.92 Å². The molecular weight excluding hydrogens is 202 g/mol. The Morgan fingerprint density at radius 2 is 2.12 bits per heavy atom. The minimum atomic E-state index is -0.658. The molecule has 0 aliphatic carbocycles. The van der Waals surface area contributed by atoms with E-state index in [4.69, 9.17) is 4.74 Å². The first kappa shape index (κ1) is 11.4. The minimum Gasteiger partial charge on any atom is -0.491 e. The van der Waals surface area contributed by atoms with Crippen LogP contribution < -0.4 is 10.1 Å². The Bertz CT molecular complexity index is 346. The summed E-state index contributed by atoms with van der Waals surface area (Å²) in [4.78, 5) is 0. The van der Waals surface area contributed by atoms with Crippen LogP contribution >= 0.6 is 0 Å². The van der Waals surface area contributed by atoms with Gasteiger partial charge in [0.1, 0.15) is 18.0 Å². The number of aryl methyl sites for hydroxylation is 1. The number of rotatable bonds is 3. The lowest BCUT2D eigenvalue weighted by Crippen LogP contribution is -2.45. The smallest absolute Gasteiger partial charge is 0.119 e. The molecule has 0 saturated carbocycles. The van der Waals surface area contributed by atoms with Crippen LogP contribution in [-0.4, -0.2) is 30.4 Å². The fourth-order valence-electron chi connectivity index (χ4n) is 1.96. The van der Waals surface area contributed by atoms with Crippen LogP contribution in [0.5, 0.6) is 5.75 Å². The van der Waals surface area contributed by atoms with E-state index in [0.29, 0.717) is 6.61 Å². The molecule has 0 unspecified atom stereocenters.